The van der Waals surface area contributed by atoms with Gasteiger partial charge in [0.1, 0.15) is 0 Å². The molecule has 1 heterocycles. The fourth-order valence-corrected chi connectivity index (χ4v) is 10.9. The third-order valence-electron chi connectivity index (χ3n) is 4.65. The summed E-state index contributed by atoms with van der Waals surface area (Å²) < 4.78 is 17.6. The zero-order chi connectivity index (χ0) is 15.9. The third-order valence-corrected chi connectivity index (χ3v) is 10.6. The van der Waals surface area contributed by atoms with Crippen molar-refractivity contribution < 1.29 is 12.3 Å². The predicted molar refractivity (Wildman–Crippen MR) is 106 cm³/mol. The van der Waals surface area contributed by atoms with E-state index >= 15 is 0 Å². The molecule has 0 spiro atoms. The molecule has 1 saturated heterocycles. The van der Waals surface area contributed by atoms with E-state index < -0.39 is 29.3 Å². The van der Waals surface area contributed by atoms with Crippen LogP contribution < -0.4 is 5.19 Å². The predicted octanol–water partition coefficient (Wildman–Crippen LogP) is 1.63. The van der Waals surface area contributed by atoms with Gasteiger partial charge in [0.25, 0.3) is 20.0 Å². The topological polar surface area (TPSA) is 27.7 Å². The summed E-state index contributed by atoms with van der Waals surface area (Å²) >= 11 is 0. The van der Waals surface area contributed by atoms with Gasteiger partial charge in [-0.05, 0) is 38.4 Å². The molecule has 1 aliphatic rings. The Labute approximate surface area is 146 Å². The van der Waals surface area contributed by atoms with Gasteiger partial charge in [-0.25, -0.2) is 0 Å². The maximum absolute atomic E-state index is 6.06. The summed E-state index contributed by atoms with van der Waals surface area (Å²) in [4.78, 5) is 0. The lowest BCUT2D eigenvalue weighted by Gasteiger charge is -2.25. The second-order valence-corrected chi connectivity index (χ2v) is 12.0. The van der Waals surface area contributed by atoms with Crippen molar-refractivity contribution in [1.82, 2.24) is 0 Å². The van der Waals surface area contributed by atoms with Crippen LogP contribution in [-0.2, 0) is 12.3 Å². The molecule has 0 radical (unpaired) electrons. The van der Waals surface area contributed by atoms with Crippen LogP contribution in [0.25, 0.3) is 32.3 Å². The van der Waals surface area contributed by atoms with Crippen molar-refractivity contribution in [3.05, 3.63) is 66.7 Å². The van der Waals surface area contributed by atoms with E-state index in [-0.39, 0.29) is 0 Å². The molecule has 0 aliphatic carbocycles. The maximum Gasteiger partial charge on any atom is 0.338 e. The first-order chi connectivity index (χ1) is 11.9. The zero-order valence-corrected chi connectivity index (χ0v) is 17.1. The number of rotatable bonds is 1. The molecule has 0 N–H and O–H groups in total. The van der Waals surface area contributed by atoms with E-state index in [1.807, 2.05) is 0 Å². The maximum atomic E-state index is 6.06. The highest BCUT2D eigenvalue weighted by molar-refractivity contribution is 6.75. The highest BCUT2D eigenvalue weighted by atomic mass is 28.4. The van der Waals surface area contributed by atoms with Gasteiger partial charge in [-0.15, -0.1) is 0 Å². The molecule has 0 atom stereocenters. The Balaban J connectivity index is 1.93. The minimum absolute atomic E-state index is 0.858. The lowest BCUT2D eigenvalue weighted by molar-refractivity contribution is 0.334. The van der Waals surface area contributed by atoms with Crippen LogP contribution in [0.1, 0.15) is 0 Å². The molecule has 4 aromatic carbocycles. The molecule has 24 heavy (non-hydrogen) atoms. The Bertz CT molecular complexity index is 1060. The molecule has 0 unspecified atom stereocenters. The van der Waals surface area contributed by atoms with E-state index in [2.05, 4.69) is 66.7 Å². The number of benzene rings is 4. The van der Waals surface area contributed by atoms with Gasteiger partial charge in [-0.3, -0.25) is 0 Å². The van der Waals surface area contributed by atoms with Gasteiger partial charge in [0.2, 0.25) is 0 Å². The molecule has 4 aromatic rings. The van der Waals surface area contributed by atoms with Crippen molar-refractivity contribution >= 4 is 66.8 Å². The lowest BCUT2D eigenvalue weighted by atomic mass is 9.98. The molecule has 1 fully saturated rings. The second-order valence-electron chi connectivity index (χ2n) is 6.00. The number of hydrogen-bond donors (Lipinski definition) is 0. The van der Waals surface area contributed by atoms with Gasteiger partial charge in [0.15, 0.2) is 0 Å². The summed E-state index contributed by atoms with van der Waals surface area (Å²) in [5, 5.41) is 8.93. The first-order valence-electron chi connectivity index (χ1n) is 8.06. The van der Waals surface area contributed by atoms with Crippen molar-refractivity contribution in [2.75, 3.05) is 0 Å². The summed E-state index contributed by atoms with van der Waals surface area (Å²) in [6, 6.07) is 23.9. The van der Waals surface area contributed by atoms with Crippen molar-refractivity contribution in [3.63, 3.8) is 0 Å². The fraction of sp³-hybridized carbons (Fsp3) is 0. The minimum Gasteiger partial charge on any atom is -0.425 e. The monoisotopic (exact) mass is 364 g/mol. The molecular formula is C18H16O3Si3. The van der Waals surface area contributed by atoms with Crippen LogP contribution in [0, 0.1) is 0 Å². The van der Waals surface area contributed by atoms with E-state index in [9.17, 15) is 0 Å². The molecule has 0 amide bonds. The SMILES string of the molecule is c1ccc2c([SiH]3O[SiH2]O[SiH2]O3)c3ccc4ccccc4c3cc2c1. The highest BCUT2D eigenvalue weighted by Crippen LogP contribution is 2.29. The van der Waals surface area contributed by atoms with Crippen molar-refractivity contribution in [2.24, 2.45) is 0 Å². The van der Waals surface area contributed by atoms with Crippen LogP contribution in [0.15, 0.2) is 66.7 Å². The van der Waals surface area contributed by atoms with Gasteiger partial charge in [0, 0.05) is 5.19 Å². The quantitative estimate of drug-likeness (QED) is 0.292. The molecule has 0 saturated carbocycles. The van der Waals surface area contributed by atoms with Gasteiger partial charge >= 0.3 is 9.28 Å². The molecule has 1 aliphatic heterocycles. The summed E-state index contributed by atoms with van der Waals surface area (Å²) in [6.45, 7) is 0. The van der Waals surface area contributed by atoms with Gasteiger partial charge in [-0.1, -0.05) is 60.7 Å². The Morgan fingerprint density at radius 3 is 2.17 bits per heavy atom. The molecule has 118 valence electrons. The molecule has 3 nitrogen and oxygen atoms in total. The molecule has 0 aromatic heterocycles. The van der Waals surface area contributed by atoms with Crippen LogP contribution in [0.5, 0.6) is 0 Å². The van der Waals surface area contributed by atoms with E-state index in [0.717, 1.165) is 0 Å². The van der Waals surface area contributed by atoms with Crippen LogP contribution in [0.3, 0.4) is 0 Å². The molecule has 5 rings (SSSR count). The fourth-order valence-electron chi connectivity index (χ4n) is 3.58. The zero-order valence-electron chi connectivity index (χ0n) is 13.1. The van der Waals surface area contributed by atoms with Crippen molar-refractivity contribution in [2.45, 2.75) is 0 Å². The van der Waals surface area contributed by atoms with E-state index in [0.29, 0.717) is 0 Å². The first kappa shape index (κ1) is 14.5. The van der Waals surface area contributed by atoms with E-state index in [4.69, 9.17) is 12.3 Å². The Hall–Kier alpha value is -1.81. The minimum atomic E-state index is -1.87. The summed E-state index contributed by atoms with van der Waals surface area (Å²) in [6.07, 6.45) is 0. The second kappa shape index (κ2) is 5.92. The van der Waals surface area contributed by atoms with Gasteiger partial charge < -0.3 is 12.3 Å². The Morgan fingerprint density at radius 1 is 0.625 bits per heavy atom. The largest absolute Gasteiger partial charge is 0.425 e. The van der Waals surface area contributed by atoms with Crippen molar-refractivity contribution in [1.29, 1.82) is 0 Å². The smallest absolute Gasteiger partial charge is 0.338 e. The standard InChI is InChI=1S/C18H16O3Si3/c1-3-7-14-12(5-1)9-10-16-17(14)11-13-6-2-4-8-15(13)18(16)24-20-22-19-23-21-24/h1-11,24H,22-23H2. The molecule has 6 heteroatoms. The van der Waals surface area contributed by atoms with E-state index in [1.165, 1.54) is 37.5 Å². The highest BCUT2D eigenvalue weighted by Gasteiger charge is 2.25. The van der Waals surface area contributed by atoms with Crippen LogP contribution >= 0.6 is 0 Å². The summed E-state index contributed by atoms with van der Waals surface area (Å²) in [7, 11) is -3.58. The number of hydrogen-bond acceptors (Lipinski definition) is 3. The molecular weight excluding hydrogens is 348 g/mol. The van der Waals surface area contributed by atoms with Crippen molar-refractivity contribution in [3.8, 4) is 0 Å². The Kier molecular flexibility index (Phi) is 3.58. The normalized spacial score (nSPS) is 20.4. The van der Waals surface area contributed by atoms with Crippen LogP contribution in [0.2, 0.25) is 0 Å². The Morgan fingerprint density at radius 2 is 1.33 bits per heavy atom. The first-order valence-corrected chi connectivity index (χ1v) is 11.9. The number of fused-ring (bicyclic) bond motifs is 4. The van der Waals surface area contributed by atoms with E-state index in [1.54, 1.807) is 0 Å². The average molecular weight is 365 g/mol. The van der Waals surface area contributed by atoms with Crippen LogP contribution in [0.4, 0.5) is 0 Å². The summed E-state index contributed by atoms with van der Waals surface area (Å²) in [5.41, 5.74) is 0. The van der Waals surface area contributed by atoms with Gasteiger partial charge in [-0.2, -0.15) is 0 Å². The lowest BCUT2D eigenvalue weighted by Crippen LogP contribution is -2.45. The van der Waals surface area contributed by atoms with Gasteiger partial charge in [0.05, 0.1) is 0 Å². The third kappa shape index (κ3) is 2.27. The summed E-state index contributed by atoms with van der Waals surface area (Å²) in [5.74, 6) is 0. The molecule has 0 bridgehead atoms. The average Bonchev–Trinajstić information content (AvgIpc) is 2.67. The van der Waals surface area contributed by atoms with Crippen LogP contribution in [-0.4, -0.2) is 29.3 Å².